The lowest BCUT2D eigenvalue weighted by Crippen LogP contribution is -2.24. The van der Waals surface area contributed by atoms with E-state index in [9.17, 15) is 4.21 Å². The van der Waals surface area contributed by atoms with E-state index >= 15 is 0 Å². The summed E-state index contributed by atoms with van der Waals surface area (Å²) in [5.74, 6) is 1.51. The molecule has 0 aliphatic heterocycles. The Hall–Kier alpha value is -0.870. The van der Waals surface area contributed by atoms with Gasteiger partial charge in [0.2, 0.25) is 0 Å². The van der Waals surface area contributed by atoms with Crippen molar-refractivity contribution in [2.45, 2.75) is 38.5 Å². The van der Waals surface area contributed by atoms with E-state index in [2.05, 4.69) is 0 Å². The molecule has 0 aromatic heterocycles. The highest BCUT2D eigenvalue weighted by Crippen LogP contribution is 2.14. The van der Waals surface area contributed by atoms with Gasteiger partial charge in [-0.25, -0.2) is 0 Å². The molecule has 0 bridgehead atoms. The molecule has 0 aliphatic rings. The Labute approximate surface area is 112 Å². The molecule has 1 rings (SSSR count). The molecule has 1 aromatic rings. The van der Waals surface area contributed by atoms with Gasteiger partial charge in [0.1, 0.15) is 5.75 Å². The molecule has 1 unspecified atom stereocenters. The molecule has 0 radical (unpaired) electrons. The Bertz CT molecular complexity index is 399. The van der Waals surface area contributed by atoms with E-state index in [0.717, 1.165) is 17.7 Å². The highest BCUT2D eigenvalue weighted by atomic mass is 32.2. The molecule has 0 fully saturated rings. The summed E-state index contributed by atoms with van der Waals surface area (Å²) in [6, 6.07) is 7.77. The van der Waals surface area contributed by atoms with Gasteiger partial charge in [0, 0.05) is 27.8 Å². The maximum absolute atomic E-state index is 11.8. The Morgan fingerprint density at radius 2 is 2.06 bits per heavy atom. The molecule has 2 N–H and O–H groups in total. The lowest BCUT2D eigenvalue weighted by Gasteiger charge is -2.17. The first-order valence-corrected chi connectivity index (χ1v) is 7.55. The molecule has 0 saturated heterocycles. The molecule has 0 amide bonds. The normalized spacial score (nSPS) is 13.3. The molecule has 4 heteroatoms. The van der Waals surface area contributed by atoms with Crippen LogP contribution in [0.15, 0.2) is 24.3 Å². The third-order valence-electron chi connectivity index (χ3n) is 2.56. The van der Waals surface area contributed by atoms with Crippen LogP contribution in [0.1, 0.15) is 32.8 Å². The fourth-order valence-electron chi connectivity index (χ4n) is 1.45. The highest BCUT2D eigenvalue weighted by molar-refractivity contribution is 7.86. The predicted octanol–water partition coefficient (Wildman–Crippen LogP) is 2.46. The van der Waals surface area contributed by atoms with E-state index in [1.54, 1.807) is 0 Å². The van der Waals surface area contributed by atoms with Gasteiger partial charge >= 0.3 is 0 Å². The molecule has 0 aliphatic carbocycles. The monoisotopic (exact) mass is 269 g/mol. The van der Waals surface area contributed by atoms with Gasteiger partial charge in [-0.2, -0.15) is 0 Å². The summed E-state index contributed by atoms with van der Waals surface area (Å²) in [5, 5.41) is 0. The number of nitrogens with two attached hydrogens (primary N) is 1. The smallest absolute Gasteiger partial charge is 0.119 e. The van der Waals surface area contributed by atoms with Crippen LogP contribution in [0, 0.1) is 0 Å². The molecule has 18 heavy (non-hydrogen) atoms. The first kappa shape index (κ1) is 15.2. The summed E-state index contributed by atoms with van der Waals surface area (Å²) in [7, 11) is -0.801. The first-order valence-electron chi connectivity index (χ1n) is 6.24. The van der Waals surface area contributed by atoms with Crippen LogP contribution in [-0.2, 0) is 17.3 Å². The molecule has 102 valence electrons. The van der Waals surface area contributed by atoms with Crippen LogP contribution in [-0.4, -0.2) is 21.3 Å². The van der Waals surface area contributed by atoms with Crippen molar-refractivity contribution in [3.05, 3.63) is 29.8 Å². The van der Waals surface area contributed by atoms with Crippen LogP contribution < -0.4 is 10.5 Å². The van der Waals surface area contributed by atoms with Crippen molar-refractivity contribution in [2.24, 2.45) is 5.73 Å². The van der Waals surface area contributed by atoms with Gasteiger partial charge in [-0.05, 0) is 44.9 Å². The van der Waals surface area contributed by atoms with Crippen molar-refractivity contribution in [2.75, 3.05) is 12.4 Å². The Morgan fingerprint density at radius 3 is 2.67 bits per heavy atom. The maximum Gasteiger partial charge on any atom is 0.119 e. The second-order valence-electron chi connectivity index (χ2n) is 5.22. The lowest BCUT2D eigenvalue weighted by molar-refractivity contribution is 0.318. The number of ether oxygens (including phenoxy) is 1. The topological polar surface area (TPSA) is 52.3 Å². The Balaban J connectivity index is 2.32. The van der Waals surface area contributed by atoms with Crippen LogP contribution in [0.2, 0.25) is 0 Å². The zero-order valence-corrected chi connectivity index (χ0v) is 12.3. The maximum atomic E-state index is 11.8. The van der Waals surface area contributed by atoms with E-state index in [4.69, 9.17) is 10.5 Å². The van der Waals surface area contributed by atoms with Crippen molar-refractivity contribution in [1.29, 1.82) is 0 Å². The molecule has 0 spiro atoms. The molecule has 1 aromatic carbocycles. The molecule has 1 atom stereocenters. The van der Waals surface area contributed by atoms with Crippen LogP contribution in [0.3, 0.4) is 0 Å². The van der Waals surface area contributed by atoms with Gasteiger partial charge in [-0.3, -0.25) is 4.21 Å². The van der Waals surface area contributed by atoms with Gasteiger partial charge in [-0.1, -0.05) is 12.1 Å². The average molecular weight is 269 g/mol. The summed E-state index contributed by atoms with van der Waals surface area (Å²) in [6.07, 6.45) is 0.802. The van der Waals surface area contributed by atoms with Crippen molar-refractivity contribution < 1.29 is 8.95 Å². The first-order chi connectivity index (χ1) is 8.43. The number of rotatable bonds is 6. The minimum Gasteiger partial charge on any atom is -0.494 e. The molecule has 0 heterocycles. The predicted molar refractivity (Wildman–Crippen MR) is 77.2 cm³/mol. The van der Waals surface area contributed by atoms with Gasteiger partial charge in [0.25, 0.3) is 0 Å². The number of benzene rings is 1. The summed E-state index contributed by atoms with van der Waals surface area (Å²) in [5.41, 5.74) is 6.63. The largest absolute Gasteiger partial charge is 0.494 e. The van der Waals surface area contributed by atoms with E-state index in [1.807, 2.05) is 45.0 Å². The van der Waals surface area contributed by atoms with E-state index in [-0.39, 0.29) is 4.75 Å². The fraction of sp³-hybridized carbons (Fsp3) is 0.571. The standard InChI is InChI=1S/C14H23NO2S/c1-14(2,3)18(16)9-5-8-17-13-7-4-6-12(10-13)11-15/h4,6-7,10H,5,8-9,11,15H2,1-3H3. The number of hydrogen-bond donors (Lipinski definition) is 1. The zero-order chi connectivity index (χ0) is 13.6. The minimum atomic E-state index is -0.801. The highest BCUT2D eigenvalue weighted by Gasteiger charge is 2.18. The fourth-order valence-corrected chi connectivity index (χ4v) is 2.44. The van der Waals surface area contributed by atoms with Gasteiger partial charge in [0.15, 0.2) is 0 Å². The van der Waals surface area contributed by atoms with Gasteiger partial charge < -0.3 is 10.5 Å². The summed E-state index contributed by atoms with van der Waals surface area (Å²) < 4.78 is 17.3. The van der Waals surface area contributed by atoms with Crippen LogP contribution in [0.5, 0.6) is 5.75 Å². The zero-order valence-electron chi connectivity index (χ0n) is 11.4. The molecule has 3 nitrogen and oxygen atoms in total. The van der Waals surface area contributed by atoms with E-state index < -0.39 is 10.8 Å². The Kier molecular flexibility index (Phi) is 5.82. The molecule has 0 saturated carbocycles. The third-order valence-corrected chi connectivity index (χ3v) is 4.59. The van der Waals surface area contributed by atoms with Gasteiger partial charge in [-0.15, -0.1) is 0 Å². The Morgan fingerprint density at radius 1 is 1.33 bits per heavy atom. The SMILES string of the molecule is CC(C)(C)S(=O)CCCOc1cccc(CN)c1. The average Bonchev–Trinajstić information content (AvgIpc) is 2.33. The van der Waals surface area contributed by atoms with Gasteiger partial charge in [0.05, 0.1) is 6.61 Å². The lowest BCUT2D eigenvalue weighted by atomic mass is 10.2. The number of hydrogen-bond acceptors (Lipinski definition) is 3. The molecular formula is C14H23NO2S. The van der Waals surface area contributed by atoms with E-state index in [1.165, 1.54) is 0 Å². The van der Waals surface area contributed by atoms with Crippen molar-refractivity contribution in [3.8, 4) is 5.75 Å². The van der Waals surface area contributed by atoms with Crippen molar-refractivity contribution in [1.82, 2.24) is 0 Å². The minimum absolute atomic E-state index is 0.139. The second-order valence-corrected chi connectivity index (χ2v) is 7.54. The summed E-state index contributed by atoms with van der Waals surface area (Å²) in [6.45, 7) is 7.10. The van der Waals surface area contributed by atoms with Crippen molar-refractivity contribution >= 4 is 10.8 Å². The van der Waals surface area contributed by atoms with Crippen molar-refractivity contribution in [3.63, 3.8) is 0 Å². The van der Waals surface area contributed by atoms with Crippen LogP contribution in [0.4, 0.5) is 0 Å². The summed E-state index contributed by atoms with van der Waals surface area (Å²) in [4.78, 5) is 0. The van der Waals surface area contributed by atoms with E-state index in [0.29, 0.717) is 18.9 Å². The van der Waals surface area contributed by atoms with Crippen LogP contribution in [0.25, 0.3) is 0 Å². The quantitative estimate of drug-likeness (QED) is 0.807. The summed E-state index contributed by atoms with van der Waals surface area (Å²) >= 11 is 0. The molecular weight excluding hydrogens is 246 g/mol. The third kappa shape index (κ3) is 5.19. The second kappa shape index (κ2) is 6.90. The van der Waals surface area contributed by atoms with Crippen LogP contribution >= 0.6 is 0 Å².